The van der Waals surface area contributed by atoms with Crippen molar-refractivity contribution in [3.05, 3.63) is 0 Å². The molecule has 1 aliphatic carbocycles. The van der Waals surface area contributed by atoms with Crippen LogP contribution in [0.15, 0.2) is 0 Å². The van der Waals surface area contributed by atoms with Crippen molar-refractivity contribution in [2.75, 3.05) is 6.61 Å². The first-order valence-electron chi connectivity index (χ1n) is 4.62. The molecular weight excluding hydrogens is 156 g/mol. The Labute approximate surface area is 71.7 Å². The lowest BCUT2D eigenvalue weighted by Crippen LogP contribution is -2.42. The van der Waals surface area contributed by atoms with Gasteiger partial charge in [0.25, 0.3) is 0 Å². The fourth-order valence-electron chi connectivity index (χ4n) is 2.41. The topological polar surface area (TPSA) is 46.5 Å². The van der Waals surface area contributed by atoms with Gasteiger partial charge in [-0.2, -0.15) is 0 Å². The fraction of sp³-hybridized carbons (Fsp3) is 0.889. The lowest BCUT2D eigenvalue weighted by Gasteiger charge is -2.38. The largest absolute Gasteiger partial charge is 0.479 e. The second-order valence-corrected chi connectivity index (χ2v) is 3.88. The Morgan fingerprint density at radius 3 is 3.00 bits per heavy atom. The predicted molar refractivity (Wildman–Crippen MR) is 42.8 cm³/mol. The van der Waals surface area contributed by atoms with Crippen molar-refractivity contribution >= 4 is 5.97 Å². The van der Waals surface area contributed by atoms with Crippen LogP contribution in [-0.4, -0.2) is 23.8 Å². The Morgan fingerprint density at radius 1 is 1.42 bits per heavy atom. The van der Waals surface area contributed by atoms with Crippen LogP contribution in [-0.2, 0) is 9.53 Å². The Balaban J connectivity index is 2.04. The van der Waals surface area contributed by atoms with Gasteiger partial charge >= 0.3 is 5.97 Å². The van der Waals surface area contributed by atoms with Crippen LogP contribution in [0.3, 0.4) is 0 Å². The Kier molecular flexibility index (Phi) is 2.05. The Bertz CT molecular complexity index is 190. The van der Waals surface area contributed by atoms with Crippen molar-refractivity contribution in [1.82, 2.24) is 0 Å². The molecule has 2 fully saturated rings. The number of aliphatic carboxylic acids is 1. The van der Waals surface area contributed by atoms with E-state index >= 15 is 0 Å². The molecule has 1 aliphatic heterocycles. The highest BCUT2D eigenvalue weighted by molar-refractivity contribution is 5.72. The summed E-state index contributed by atoms with van der Waals surface area (Å²) in [6.07, 6.45) is 4.00. The van der Waals surface area contributed by atoms with Crippen LogP contribution in [0, 0.1) is 11.8 Å². The van der Waals surface area contributed by atoms with Gasteiger partial charge in [-0.05, 0) is 31.1 Å². The van der Waals surface area contributed by atoms with E-state index in [9.17, 15) is 4.79 Å². The number of carbonyl (C=O) groups is 1. The minimum Gasteiger partial charge on any atom is -0.479 e. The zero-order valence-corrected chi connectivity index (χ0v) is 7.03. The van der Waals surface area contributed by atoms with E-state index in [0.29, 0.717) is 12.5 Å². The summed E-state index contributed by atoms with van der Waals surface area (Å²) in [5, 5.41) is 8.83. The highest BCUT2D eigenvalue weighted by Crippen LogP contribution is 2.36. The maximum atomic E-state index is 10.7. The van der Waals surface area contributed by atoms with Crippen molar-refractivity contribution in [3.63, 3.8) is 0 Å². The summed E-state index contributed by atoms with van der Waals surface area (Å²) in [6, 6.07) is 0. The van der Waals surface area contributed by atoms with Crippen LogP contribution in [0.2, 0.25) is 0 Å². The van der Waals surface area contributed by atoms with E-state index in [1.165, 1.54) is 12.8 Å². The molecule has 1 heterocycles. The molecule has 1 saturated heterocycles. The monoisotopic (exact) mass is 170 g/mol. The van der Waals surface area contributed by atoms with E-state index in [0.717, 1.165) is 12.8 Å². The Morgan fingerprint density at radius 2 is 2.25 bits per heavy atom. The normalized spacial score (nSPS) is 40.8. The predicted octanol–water partition coefficient (Wildman–Crippen LogP) is 1.28. The van der Waals surface area contributed by atoms with Crippen molar-refractivity contribution in [1.29, 1.82) is 0 Å². The van der Waals surface area contributed by atoms with E-state index in [2.05, 4.69) is 0 Å². The van der Waals surface area contributed by atoms with Crippen LogP contribution in [0.25, 0.3) is 0 Å². The number of ether oxygens (including phenoxy) is 1. The molecule has 3 nitrogen and oxygen atoms in total. The summed E-state index contributed by atoms with van der Waals surface area (Å²) in [7, 11) is 0. The highest BCUT2D eigenvalue weighted by atomic mass is 16.5. The van der Waals surface area contributed by atoms with Crippen LogP contribution >= 0.6 is 0 Å². The van der Waals surface area contributed by atoms with Gasteiger partial charge in [-0.1, -0.05) is 6.42 Å². The summed E-state index contributed by atoms with van der Waals surface area (Å²) in [4.78, 5) is 10.7. The van der Waals surface area contributed by atoms with Gasteiger partial charge < -0.3 is 9.84 Å². The van der Waals surface area contributed by atoms with Gasteiger partial charge in [0.2, 0.25) is 0 Å². The quantitative estimate of drug-likeness (QED) is 0.644. The highest BCUT2D eigenvalue weighted by Gasteiger charge is 2.37. The van der Waals surface area contributed by atoms with Crippen molar-refractivity contribution < 1.29 is 14.6 Å². The summed E-state index contributed by atoms with van der Waals surface area (Å²) < 4.78 is 5.31. The number of rotatable bonds is 1. The van der Waals surface area contributed by atoms with E-state index in [1.54, 1.807) is 0 Å². The lowest BCUT2D eigenvalue weighted by molar-refractivity contribution is -0.164. The second-order valence-electron chi connectivity index (χ2n) is 3.88. The molecule has 2 bridgehead atoms. The molecule has 3 atom stereocenters. The lowest BCUT2D eigenvalue weighted by atomic mass is 9.77. The number of fused-ring (bicyclic) bond motifs is 2. The standard InChI is InChI=1S/C9H14O3/c10-9(11)8-7-3-1-2-6(4-7)5-12-8/h6-8H,1-5H2,(H,10,11)/t6-,7+,8-/m1/s1. The summed E-state index contributed by atoms with van der Waals surface area (Å²) in [5.41, 5.74) is 0. The maximum absolute atomic E-state index is 10.7. The molecule has 0 aromatic heterocycles. The number of hydrogen-bond donors (Lipinski definition) is 1. The van der Waals surface area contributed by atoms with Gasteiger partial charge in [0.05, 0.1) is 6.61 Å². The first kappa shape index (κ1) is 8.05. The van der Waals surface area contributed by atoms with E-state index in [4.69, 9.17) is 9.84 Å². The molecule has 2 aliphatic rings. The molecule has 12 heavy (non-hydrogen) atoms. The van der Waals surface area contributed by atoms with Crippen LogP contribution in [0.1, 0.15) is 25.7 Å². The molecule has 1 N–H and O–H groups in total. The molecule has 0 aromatic rings. The molecule has 68 valence electrons. The van der Waals surface area contributed by atoms with Gasteiger partial charge in [-0.15, -0.1) is 0 Å². The minimum atomic E-state index is -0.777. The van der Waals surface area contributed by atoms with Gasteiger partial charge in [0.1, 0.15) is 0 Å². The fourth-order valence-corrected chi connectivity index (χ4v) is 2.41. The average molecular weight is 170 g/mol. The van der Waals surface area contributed by atoms with E-state index in [1.807, 2.05) is 0 Å². The van der Waals surface area contributed by atoms with Crippen molar-refractivity contribution in [3.8, 4) is 0 Å². The van der Waals surface area contributed by atoms with Gasteiger partial charge in [0.15, 0.2) is 6.10 Å². The molecule has 3 heteroatoms. The van der Waals surface area contributed by atoms with Crippen LogP contribution < -0.4 is 0 Å². The molecule has 0 aromatic carbocycles. The van der Waals surface area contributed by atoms with Crippen molar-refractivity contribution in [2.24, 2.45) is 11.8 Å². The van der Waals surface area contributed by atoms with Crippen LogP contribution in [0.4, 0.5) is 0 Å². The molecule has 0 radical (unpaired) electrons. The van der Waals surface area contributed by atoms with Crippen LogP contribution in [0.5, 0.6) is 0 Å². The molecule has 1 saturated carbocycles. The third kappa shape index (κ3) is 1.33. The molecule has 2 rings (SSSR count). The third-order valence-corrected chi connectivity index (χ3v) is 3.01. The molecular formula is C9H14O3. The van der Waals surface area contributed by atoms with E-state index < -0.39 is 12.1 Å². The first-order valence-corrected chi connectivity index (χ1v) is 4.62. The Hall–Kier alpha value is -0.570. The molecule has 0 amide bonds. The molecule has 0 unspecified atom stereocenters. The number of carboxylic acids is 1. The van der Waals surface area contributed by atoms with Crippen molar-refractivity contribution in [2.45, 2.75) is 31.8 Å². The zero-order chi connectivity index (χ0) is 8.55. The third-order valence-electron chi connectivity index (χ3n) is 3.01. The first-order chi connectivity index (χ1) is 5.77. The summed E-state index contributed by atoms with van der Waals surface area (Å²) in [6.45, 7) is 0.660. The van der Waals surface area contributed by atoms with Gasteiger partial charge in [0, 0.05) is 0 Å². The van der Waals surface area contributed by atoms with Gasteiger partial charge in [-0.3, -0.25) is 0 Å². The SMILES string of the molecule is O=C(O)[C@@H]1OC[C@@H]2CCC[C@H]1C2. The summed E-state index contributed by atoms with van der Waals surface area (Å²) >= 11 is 0. The number of hydrogen-bond acceptors (Lipinski definition) is 2. The van der Waals surface area contributed by atoms with Gasteiger partial charge in [-0.25, -0.2) is 4.79 Å². The van der Waals surface area contributed by atoms with E-state index in [-0.39, 0.29) is 5.92 Å². The average Bonchev–Trinajstić information content (AvgIpc) is 2.04. The summed E-state index contributed by atoms with van der Waals surface area (Å²) in [5.74, 6) is 0.148. The minimum absolute atomic E-state index is 0.287. The number of carboxylic acid groups (broad SMARTS) is 1. The zero-order valence-electron chi connectivity index (χ0n) is 7.03. The molecule has 0 spiro atoms. The maximum Gasteiger partial charge on any atom is 0.333 e. The smallest absolute Gasteiger partial charge is 0.333 e. The second kappa shape index (κ2) is 3.05.